The standard InChI is InChI=1S/C18H20ClNO2/c1-18(22,15-8-10-16(19)11-9-15)13-20-17(21)12-7-14-5-3-2-4-6-14/h2-6,8-11,22H,7,12-13H2,1H3,(H,20,21). The Balaban J connectivity index is 1.83. The molecule has 1 unspecified atom stereocenters. The van der Waals surface area contributed by atoms with E-state index in [-0.39, 0.29) is 12.5 Å². The monoisotopic (exact) mass is 317 g/mol. The highest BCUT2D eigenvalue weighted by molar-refractivity contribution is 6.30. The normalized spacial score (nSPS) is 13.4. The molecule has 0 aliphatic rings. The van der Waals surface area contributed by atoms with Crippen LogP contribution in [0.5, 0.6) is 0 Å². The molecule has 2 aromatic carbocycles. The van der Waals surface area contributed by atoms with Crippen LogP contribution in [-0.2, 0) is 16.8 Å². The predicted octanol–water partition coefficient (Wildman–Crippen LogP) is 3.30. The molecule has 0 saturated carbocycles. The second-order valence-electron chi connectivity index (χ2n) is 5.54. The van der Waals surface area contributed by atoms with Gasteiger partial charge in [0.05, 0.1) is 6.54 Å². The molecule has 2 aromatic rings. The van der Waals surface area contributed by atoms with Crippen LogP contribution in [0.4, 0.5) is 0 Å². The Bertz CT molecular complexity index is 609. The van der Waals surface area contributed by atoms with Crippen molar-refractivity contribution in [3.05, 3.63) is 70.7 Å². The number of carbonyl (C=O) groups is 1. The zero-order chi connectivity index (χ0) is 16.0. The molecule has 0 aliphatic carbocycles. The first kappa shape index (κ1) is 16.5. The van der Waals surface area contributed by atoms with Crippen LogP contribution in [0.1, 0.15) is 24.5 Å². The van der Waals surface area contributed by atoms with Gasteiger partial charge in [0.2, 0.25) is 5.91 Å². The largest absolute Gasteiger partial charge is 0.384 e. The minimum absolute atomic E-state index is 0.0712. The number of rotatable bonds is 6. The molecule has 0 saturated heterocycles. The zero-order valence-corrected chi connectivity index (χ0v) is 13.3. The van der Waals surface area contributed by atoms with Crippen molar-refractivity contribution < 1.29 is 9.90 Å². The van der Waals surface area contributed by atoms with E-state index in [1.165, 1.54) is 0 Å². The van der Waals surface area contributed by atoms with E-state index in [0.29, 0.717) is 17.9 Å². The first-order valence-corrected chi connectivity index (χ1v) is 7.64. The number of halogens is 1. The lowest BCUT2D eigenvalue weighted by molar-refractivity contribution is -0.122. The molecule has 1 atom stereocenters. The van der Waals surface area contributed by atoms with Crippen LogP contribution in [0.25, 0.3) is 0 Å². The quantitative estimate of drug-likeness (QED) is 0.859. The van der Waals surface area contributed by atoms with Gasteiger partial charge in [-0.05, 0) is 36.6 Å². The molecule has 116 valence electrons. The van der Waals surface area contributed by atoms with Gasteiger partial charge in [-0.15, -0.1) is 0 Å². The molecule has 0 aliphatic heterocycles. The number of hydrogen-bond donors (Lipinski definition) is 2. The molecule has 0 aromatic heterocycles. The maximum Gasteiger partial charge on any atom is 0.220 e. The van der Waals surface area contributed by atoms with Gasteiger partial charge in [-0.1, -0.05) is 54.1 Å². The summed E-state index contributed by atoms with van der Waals surface area (Å²) in [6.45, 7) is 1.84. The summed E-state index contributed by atoms with van der Waals surface area (Å²) in [5.74, 6) is -0.0712. The zero-order valence-electron chi connectivity index (χ0n) is 12.6. The highest BCUT2D eigenvalue weighted by atomic mass is 35.5. The van der Waals surface area contributed by atoms with Crippen LogP contribution in [0.15, 0.2) is 54.6 Å². The summed E-state index contributed by atoms with van der Waals surface area (Å²) >= 11 is 5.84. The molecule has 2 rings (SSSR count). The highest BCUT2D eigenvalue weighted by Crippen LogP contribution is 2.21. The number of benzene rings is 2. The molecule has 0 fully saturated rings. The summed E-state index contributed by atoms with van der Waals surface area (Å²) in [4.78, 5) is 11.9. The molecule has 4 heteroatoms. The summed E-state index contributed by atoms with van der Waals surface area (Å²) in [5.41, 5.74) is 0.731. The number of nitrogens with one attached hydrogen (secondary N) is 1. The van der Waals surface area contributed by atoms with Gasteiger partial charge >= 0.3 is 0 Å². The molecule has 0 bridgehead atoms. The summed E-state index contributed by atoms with van der Waals surface area (Å²) < 4.78 is 0. The summed E-state index contributed by atoms with van der Waals surface area (Å²) in [6, 6.07) is 16.8. The van der Waals surface area contributed by atoms with Gasteiger partial charge in [0.15, 0.2) is 0 Å². The Kier molecular flexibility index (Phi) is 5.58. The fourth-order valence-corrected chi connectivity index (χ4v) is 2.30. The third kappa shape index (κ3) is 4.86. The van der Waals surface area contributed by atoms with Gasteiger partial charge in [0.25, 0.3) is 0 Å². The fourth-order valence-electron chi connectivity index (χ4n) is 2.17. The van der Waals surface area contributed by atoms with Crippen LogP contribution in [-0.4, -0.2) is 17.6 Å². The first-order valence-electron chi connectivity index (χ1n) is 7.26. The Labute approximate surface area is 135 Å². The maximum absolute atomic E-state index is 11.9. The average molecular weight is 318 g/mol. The minimum atomic E-state index is -1.12. The molecule has 3 nitrogen and oxygen atoms in total. The topological polar surface area (TPSA) is 49.3 Å². The SMILES string of the molecule is CC(O)(CNC(=O)CCc1ccccc1)c1ccc(Cl)cc1. The lowest BCUT2D eigenvalue weighted by atomic mass is 9.96. The summed E-state index contributed by atoms with van der Waals surface area (Å²) in [7, 11) is 0. The van der Waals surface area contributed by atoms with E-state index in [9.17, 15) is 9.90 Å². The van der Waals surface area contributed by atoms with E-state index in [1.54, 1.807) is 31.2 Å². The Hall–Kier alpha value is -1.84. The Morgan fingerprint density at radius 1 is 1.14 bits per heavy atom. The van der Waals surface area contributed by atoms with Crippen molar-refractivity contribution in [3.63, 3.8) is 0 Å². The van der Waals surface area contributed by atoms with Crippen molar-refractivity contribution in [2.75, 3.05) is 6.54 Å². The molecule has 0 radical (unpaired) electrons. The van der Waals surface area contributed by atoms with Crippen molar-refractivity contribution in [2.45, 2.75) is 25.4 Å². The van der Waals surface area contributed by atoms with Gasteiger partial charge in [0.1, 0.15) is 5.60 Å². The molecular weight excluding hydrogens is 298 g/mol. The van der Waals surface area contributed by atoms with Crippen LogP contribution in [0.2, 0.25) is 5.02 Å². The van der Waals surface area contributed by atoms with E-state index in [2.05, 4.69) is 5.32 Å². The van der Waals surface area contributed by atoms with E-state index in [1.807, 2.05) is 30.3 Å². The Morgan fingerprint density at radius 2 is 1.77 bits per heavy atom. The van der Waals surface area contributed by atoms with E-state index < -0.39 is 5.60 Å². The highest BCUT2D eigenvalue weighted by Gasteiger charge is 2.23. The fraction of sp³-hybridized carbons (Fsp3) is 0.278. The Morgan fingerprint density at radius 3 is 2.41 bits per heavy atom. The lowest BCUT2D eigenvalue weighted by Crippen LogP contribution is -2.38. The van der Waals surface area contributed by atoms with Crippen molar-refractivity contribution >= 4 is 17.5 Å². The van der Waals surface area contributed by atoms with Gasteiger partial charge in [0, 0.05) is 11.4 Å². The second-order valence-corrected chi connectivity index (χ2v) is 5.98. The van der Waals surface area contributed by atoms with Crippen LogP contribution >= 0.6 is 11.6 Å². The first-order chi connectivity index (χ1) is 10.5. The third-order valence-corrected chi connectivity index (χ3v) is 3.83. The lowest BCUT2D eigenvalue weighted by Gasteiger charge is -2.24. The van der Waals surface area contributed by atoms with Crippen LogP contribution in [0.3, 0.4) is 0 Å². The van der Waals surface area contributed by atoms with Gasteiger partial charge in [-0.25, -0.2) is 0 Å². The molecule has 0 spiro atoms. The number of carbonyl (C=O) groups excluding carboxylic acids is 1. The van der Waals surface area contributed by atoms with E-state index >= 15 is 0 Å². The third-order valence-electron chi connectivity index (χ3n) is 3.58. The van der Waals surface area contributed by atoms with Gasteiger partial charge in [-0.3, -0.25) is 4.79 Å². The van der Waals surface area contributed by atoms with Crippen LogP contribution in [0, 0.1) is 0 Å². The van der Waals surface area contributed by atoms with Crippen molar-refractivity contribution in [1.29, 1.82) is 0 Å². The molecule has 22 heavy (non-hydrogen) atoms. The number of amides is 1. The maximum atomic E-state index is 11.9. The number of hydrogen-bond acceptors (Lipinski definition) is 2. The predicted molar refractivity (Wildman–Crippen MR) is 88.8 cm³/mol. The molecule has 1 amide bonds. The second kappa shape index (κ2) is 7.43. The van der Waals surface area contributed by atoms with Crippen molar-refractivity contribution in [2.24, 2.45) is 0 Å². The minimum Gasteiger partial charge on any atom is -0.384 e. The smallest absolute Gasteiger partial charge is 0.220 e. The summed E-state index contributed by atoms with van der Waals surface area (Å²) in [5, 5.41) is 13.9. The van der Waals surface area contributed by atoms with E-state index in [4.69, 9.17) is 11.6 Å². The number of aryl methyl sites for hydroxylation is 1. The van der Waals surface area contributed by atoms with Gasteiger partial charge in [-0.2, -0.15) is 0 Å². The molecule has 2 N–H and O–H groups in total. The van der Waals surface area contributed by atoms with Crippen molar-refractivity contribution in [1.82, 2.24) is 5.32 Å². The average Bonchev–Trinajstić information content (AvgIpc) is 2.52. The van der Waals surface area contributed by atoms with Crippen LogP contribution < -0.4 is 5.32 Å². The van der Waals surface area contributed by atoms with E-state index in [0.717, 1.165) is 11.1 Å². The summed E-state index contributed by atoms with van der Waals surface area (Å²) in [6.07, 6.45) is 1.09. The van der Waals surface area contributed by atoms with Crippen molar-refractivity contribution in [3.8, 4) is 0 Å². The molecule has 0 heterocycles. The number of aliphatic hydroxyl groups is 1. The molecular formula is C18H20ClNO2. The van der Waals surface area contributed by atoms with Gasteiger partial charge < -0.3 is 10.4 Å².